The zero-order chi connectivity index (χ0) is 41.7. The standard InChI is InChI=1S/C56H38N6Si/c1-6-21-39(22-7-1)54-58-55(40-23-8-2-9-24-40)60-56(59-54)61-48-34-19-17-32-46(48)52-49(61)38-37-45-44-31-16-18-33-47(44)62(53(45)52)50-35-20-36-51(57-50)63(41-25-10-3-11-26-41,42-27-12-4-13-28-42)43-29-14-5-15-30-43/h1-38H. The summed E-state index contributed by atoms with van der Waals surface area (Å²) in [5, 5.41) is 9.42. The highest BCUT2D eigenvalue weighted by Gasteiger charge is 2.43. The van der Waals surface area contributed by atoms with Crippen molar-refractivity contribution in [3.8, 4) is 34.5 Å². The summed E-state index contributed by atoms with van der Waals surface area (Å²) < 4.78 is 4.58. The fourth-order valence-corrected chi connectivity index (χ4v) is 14.2. The van der Waals surface area contributed by atoms with Crippen LogP contribution < -0.4 is 20.9 Å². The van der Waals surface area contributed by atoms with Crippen molar-refractivity contribution in [1.29, 1.82) is 0 Å². The molecule has 0 saturated carbocycles. The number of benzene rings is 8. The van der Waals surface area contributed by atoms with Crippen LogP contribution in [0.25, 0.3) is 78.2 Å². The number of nitrogens with zero attached hydrogens (tertiary/aromatic N) is 6. The van der Waals surface area contributed by atoms with Crippen LogP contribution in [-0.4, -0.2) is 37.1 Å². The molecule has 12 rings (SSSR count). The summed E-state index contributed by atoms with van der Waals surface area (Å²) in [4.78, 5) is 21.3. The van der Waals surface area contributed by atoms with Crippen LogP contribution in [0.15, 0.2) is 231 Å². The predicted molar refractivity (Wildman–Crippen MR) is 261 cm³/mol. The van der Waals surface area contributed by atoms with E-state index in [4.69, 9.17) is 19.9 Å². The molecule has 0 N–H and O–H groups in total. The summed E-state index contributed by atoms with van der Waals surface area (Å²) >= 11 is 0. The zero-order valence-electron chi connectivity index (χ0n) is 34.1. The zero-order valence-corrected chi connectivity index (χ0v) is 35.1. The van der Waals surface area contributed by atoms with Crippen LogP contribution in [-0.2, 0) is 0 Å². The van der Waals surface area contributed by atoms with Crippen LogP contribution in [0.5, 0.6) is 0 Å². The van der Waals surface area contributed by atoms with E-state index < -0.39 is 8.07 Å². The van der Waals surface area contributed by atoms with Gasteiger partial charge in [-0.25, -0.2) is 9.97 Å². The lowest BCUT2D eigenvalue weighted by Crippen LogP contribution is -2.75. The first-order chi connectivity index (χ1) is 31.3. The molecule has 0 saturated heterocycles. The van der Waals surface area contributed by atoms with Gasteiger partial charge in [0.05, 0.1) is 22.1 Å². The number of aromatic nitrogens is 6. The van der Waals surface area contributed by atoms with Gasteiger partial charge in [-0.1, -0.05) is 200 Å². The quantitative estimate of drug-likeness (QED) is 0.113. The third kappa shape index (κ3) is 5.86. The number of rotatable bonds is 8. The highest BCUT2D eigenvalue weighted by Crippen LogP contribution is 2.41. The lowest BCUT2D eigenvalue weighted by Gasteiger charge is -2.33. The van der Waals surface area contributed by atoms with Crippen molar-refractivity contribution in [2.24, 2.45) is 0 Å². The largest absolute Gasteiger partial charge is 0.293 e. The van der Waals surface area contributed by atoms with Crippen LogP contribution in [0, 0.1) is 0 Å². The van der Waals surface area contributed by atoms with Gasteiger partial charge in [-0.05, 0) is 45.9 Å². The van der Waals surface area contributed by atoms with E-state index >= 15 is 0 Å². The Morgan fingerprint density at radius 1 is 0.317 bits per heavy atom. The molecule has 4 heterocycles. The van der Waals surface area contributed by atoms with Crippen molar-refractivity contribution in [1.82, 2.24) is 29.1 Å². The lowest BCUT2D eigenvalue weighted by atomic mass is 10.1. The summed E-state index contributed by atoms with van der Waals surface area (Å²) in [6, 6.07) is 81.6. The van der Waals surface area contributed by atoms with Gasteiger partial charge in [0.25, 0.3) is 0 Å². The molecule has 0 spiro atoms. The normalized spacial score (nSPS) is 11.8. The third-order valence-electron chi connectivity index (χ3n) is 12.3. The van der Waals surface area contributed by atoms with Crippen molar-refractivity contribution >= 4 is 72.6 Å². The van der Waals surface area contributed by atoms with Crippen molar-refractivity contribution in [2.75, 3.05) is 0 Å². The van der Waals surface area contributed by atoms with Crippen molar-refractivity contribution in [3.05, 3.63) is 231 Å². The molecule has 0 aliphatic carbocycles. The summed E-state index contributed by atoms with van der Waals surface area (Å²) in [5.41, 5.74) is 6.02. The number of pyridine rings is 1. The molecule has 4 aromatic heterocycles. The van der Waals surface area contributed by atoms with Gasteiger partial charge in [0.1, 0.15) is 5.82 Å². The summed E-state index contributed by atoms with van der Waals surface area (Å²) in [6.07, 6.45) is 0. The van der Waals surface area contributed by atoms with E-state index in [1.165, 1.54) is 15.6 Å². The van der Waals surface area contributed by atoms with Gasteiger partial charge >= 0.3 is 0 Å². The molecule has 63 heavy (non-hydrogen) atoms. The van der Waals surface area contributed by atoms with Gasteiger partial charge in [-0.15, -0.1) is 0 Å². The first kappa shape index (κ1) is 36.6. The van der Waals surface area contributed by atoms with Crippen LogP contribution >= 0.6 is 0 Å². The van der Waals surface area contributed by atoms with E-state index in [1.807, 2.05) is 60.7 Å². The molecule has 6 nitrogen and oxygen atoms in total. The monoisotopic (exact) mass is 822 g/mol. The lowest BCUT2D eigenvalue weighted by molar-refractivity contribution is 0.953. The predicted octanol–water partition coefficient (Wildman–Crippen LogP) is 10.2. The van der Waals surface area contributed by atoms with Gasteiger partial charge in [-0.3, -0.25) is 9.13 Å². The Bertz CT molecular complexity index is 3450. The average Bonchev–Trinajstić information content (AvgIpc) is 3.89. The average molecular weight is 823 g/mol. The van der Waals surface area contributed by atoms with Crippen molar-refractivity contribution in [3.63, 3.8) is 0 Å². The molecule has 0 bridgehead atoms. The van der Waals surface area contributed by atoms with Crippen LogP contribution in [0.2, 0.25) is 0 Å². The Morgan fingerprint density at radius 2 is 0.794 bits per heavy atom. The minimum atomic E-state index is -2.93. The summed E-state index contributed by atoms with van der Waals surface area (Å²) in [6.45, 7) is 0. The second kappa shape index (κ2) is 15.0. The highest BCUT2D eigenvalue weighted by molar-refractivity contribution is 7.19. The first-order valence-electron chi connectivity index (χ1n) is 21.2. The Balaban J connectivity index is 1.17. The number of para-hydroxylation sites is 2. The molecule has 0 aliphatic rings. The van der Waals surface area contributed by atoms with Crippen molar-refractivity contribution in [2.45, 2.75) is 0 Å². The molecule has 0 aliphatic heterocycles. The van der Waals surface area contributed by atoms with E-state index in [-0.39, 0.29) is 0 Å². The maximum atomic E-state index is 5.84. The Hall–Kier alpha value is -8.26. The Morgan fingerprint density at radius 3 is 1.35 bits per heavy atom. The minimum Gasteiger partial charge on any atom is -0.293 e. The molecule has 0 fully saturated rings. The molecule has 8 aromatic carbocycles. The number of hydrogen-bond donors (Lipinski definition) is 0. The topological polar surface area (TPSA) is 61.4 Å². The SMILES string of the molecule is c1ccc(-c2nc(-c3ccccc3)nc(-n3c4ccccc4c4c3ccc3c5ccccc5n(-c5cccc([Si](c6ccccc6)(c6ccccc6)c6ccccc6)n5)c34)n2)cc1. The van der Waals surface area contributed by atoms with Crippen molar-refractivity contribution < 1.29 is 0 Å². The molecule has 7 heteroatoms. The van der Waals surface area contributed by atoms with E-state index in [2.05, 4.69) is 179 Å². The minimum absolute atomic E-state index is 0.556. The second-order valence-corrected chi connectivity index (χ2v) is 19.5. The maximum Gasteiger partial charge on any atom is 0.238 e. The fraction of sp³-hybridized carbons (Fsp3) is 0. The molecule has 0 radical (unpaired) electrons. The first-order valence-corrected chi connectivity index (χ1v) is 23.2. The van der Waals surface area contributed by atoms with Crippen LogP contribution in [0.4, 0.5) is 0 Å². The molecule has 0 atom stereocenters. The number of hydrogen-bond acceptors (Lipinski definition) is 4. The van der Waals surface area contributed by atoms with E-state index in [1.54, 1.807) is 0 Å². The molecule has 12 aromatic rings. The van der Waals surface area contributed by atoms with Gasteiger partial charge in [-0.2, -0.15) is 9.97 Å². The maximum absolute atomic E-state index is 5.84. The fourth-order valence-electron chi connectivity index (χ4n) is 9.62. The van der Waals surface area contributed by atoms with Gasteiger partial charge in [0.15, 0.2) is 11.6 Å². The van der Waals surface area contributed by atoms with Crippen LogP contribution in [0.3, 0.4) is 0 Å². The van der Waals surface area contributed by atoms with E-state index in [0.717, 1.165) is 65.9 Å². The summed E-state index contributed by atoms with van der Waals surface area (Å²) in [5.74, 6) is 2.65. The molecular formula is C56H38N6Si. The number of fused-ring (bicyclic) bond motifs is 7. The Labute approximate surface area is 365 Å². The highest BCUT2D eigenvalue weighted by atomic mass is 28.3. The van der Waals surface area contributed by atoms with E-state index in [0.29, 0.717) is 17.6 Å². The molecule has 0 unspecified atom stereocenters. The summed E-state index contributed by atoms with van der Waals surface area (Å²) in [7, 11) is -2.93. The molecule has 0 amide bonds. The Kier molecular flexibility index (Phi) is 8.72. The van der Waals surface area contributed by atoms with Gasteiger partial charge < -0.3 is 0 Å². The smallest absolute Gasteiger partial charge is 0.238 e. The van der Waals surface area contributed by atoms with Gasteiger partial charge in [0.2, 0.25) is 14.0 Å². The third-order valence-corrected chi connectivity index (χ3v) is 17.0. The molecular weight excluding hydrogens is 785 g/mol. The van der Waals surface area contributed by atoms with Crippen LogP contribution in [0.1, 0.15) is 0 Å². The molecule has 296 valence electrons. The van der Waals surface area contributed by atoms with Gasteiger partial charge in [0, 0.05) is 38.0 Å². The second-order valence-electron chi connectivity index (χ2n) is 15.8. The van der Waals surface area contributed by atoms with E-state index in [9.17, 15) is 0 Å².